The average Bonchev–Trinajstić information content (AvgIpc) is 2.52. The predicted octanol–water partition coefficient (Wildman–Crippen LogP) is 1.20. The van der Waals surface area contributed by atoms with E-state index in [1.54, 1.807) is 18.2 Å². The second-order valence-electron chi connectivity index (χ2n) is 2.35. The summed E-state index contributed by atoms with van der Waals surface area (Å²) in [5.41, 5.74) is 6.19. The lowest BCUT2D eigenvalue weighted by atomic mass is 10.3. The van der Waals surface area contributed by atoms with E-state index >= 15 is 0 Å². The third-order valence-corrected chi connectivity index (χ3v) is 1.40. The van der Waals surface area contributed by atoms with E-state index in [2.05, 4.69) is 0 Å². The van der Waals surface area contributed by atoms with Crippen LogP contribution in [0.3, 0.4) is 0 Å². The summed E-state index contributed by atoms with van der Waals surface area (Å²) in [6.45, 7) is 1.75. The van der Waals surface area contributed by atoms with Crippen molar-refractivity contribution in [2.75, 3.05) is 12.5 Å². The monoisotopic (exact) mass is 181 g/mol. The number of nitrogens with two attached hydrogens (primary N) is 1. The van der Waals surface area contributed by atoms with Crippen molar-refractivity contribution in [2.45, 2.75) is 6.92 Å². The molecule has 1 aliphatic heterocycles. The zero-order valence-corrected chi connectivity index (χ0v) is 7.32. The van der Waals surface area contributed by atoms with E-state index in [0.29, 0.717) is 12.5 Å². The van der Waals surface area contributed by atoms with Crippen LogP contribution >= 0.6 is 0 Å². The standard InChI is InChI=1S/C7H7NO2.C2H4O/c8-5-1-2-6-7(3-5)10-4-9-6;1-2-3/h1-3H,4,8H2;2H,1H3. The van der Waals surface area contributed by atoms with Crippen LogP contribution in [0.15, 0.2) is 18.2 Å². The maximum atomic E-state index is 8.81. The lowest BCUT2D eigenvalue weighted by Gasteiger charge is -1.94. The molecule has 1 aromatic rings. The summed E-state index contributed by atoms with van der Waals surface area (Å²) in [6.07, 6.45) is 0.750. The number of rotatable bonds is 0. The third kappa shape index (κ3) is 2.37. The van der Waals surface area contributed by atoms with Crippen LogP contribution in [0.1, 0.15) is 6.92 Å². The molecular weight excluding hydrogens is 170 g/mol. The first-order valence-corrected chi connectivity index (χ1v) is 3.83. The molecule has 1 aliphatic rings. The van der Waals surface area contributed by atoms with Gasteiger partial charge < -0.3 is 20.0 Å². The molecule has 0 spiro atoms. The molecule has 0 radical (unpaired) electrons. The van der Waals surface area contributed by atoms with Gasteiger partial charge in [0.2, 0.25) is 6.79 Å². The zero-order chi connectivity index (χ0) is 9.68. The number of fused-ring (bicyclic) bond motifs is 1. The number of carbonyl (C=O) groups excluding carboxylic acids is 1. The summed E-state index contributed by atoms with van der Waals surface area (Å²) in [6, 6.07) is 5.34. The van der Waals surface area contributed by atoms with Gasteiger partial charge in [0.05, 0.1) is 0 Å². The SMILES string of the molecule is CC=O.Nc1ccc2c(c1)OCO2. The molecule has 0 aromatic heterocycles. The Labute approximate surface area is 76.3 Å². The number of hydrogen-bond donors (Lipinski definition) is 1. The first-order chi connectivity index (χ1) is 6.27. The van der Waals surface area contributed by atoms with Crippen LogP contribution < -0.4 is 15.2 Å². The molecule has 4 heteroatoms. The van der Waals surface area contributed by atoms with E-state index in [1.165, 1.54) is 6.92 Å². The highest BCUT2D eigenvalue weighted by atomic mass is 16.7. The predicted molar refractivity (Wildman–Crippen MR) is 48.7 cm³/mol. The van der Waals surface area contributed by atoms with Crippen LogP contribution in [0.2, 0.25) is 0 Å². The van der Waals surface area contributed by atoms with Crippen LogP contribution in [0.4, 0.5) is 5.69 Å². The van der Waals surface area contributed by atoms with Gasteiger partial charge in [-0.15, -0.1) is 0 Å². The molecule has 2 rings (SSSR count). The van der Waals surface area contributed by atoms with Crippen LogP contribution in [0, 0.1) is 0 Å². The number of hydrogen-bond acceptors (Lipinski definition) is 4. The van der Waals surface area contributed by atoms with Gasteiger partial charge in [-0.2, -0.15) is 0 Å². The van der Waals surface area contributed by atoms with E-state index in [9.17, 15) is 0 Å². The number of carbonyl (C=O) groups is 1. The fourth-order valence-electron chi connectivity index (χ4n) is 0.913. The van der Waals surface area contributed by atoms with Crippen molar-refractivity contribution in [2.24, 2.45) is 0 Å². The number of benzene rings is 1. The molecule has 0 saturated carbocycles. The minimum absolute atomic E-state index is 0.304. The minimum atomic E-state index is 0.304. The number of nitrogen functional groups attached to an aromatic ring is 1. The Morgan fingerprint density at radius 2 is 2.00 bits per heavy atom. The lowest BCUT2D eigenvalue weighted by molar-refractivity contribution is -0.106. The van der Waals surface area contributed by atoms with Crippen LogP contribution in [-0.2, 0) is 4.79 Å². The Hall–Kier alpha value is -1.71. The lowest BCUT2D eigenvalue weighted by Crippen LogP contribution is -1.92. The van der Waals surface area contributed by atoms with Crippen molar-refractivity contribution in [3.63, 3.8) is 0 Å². The fourth-order valence-corrected chi connectivity index (χ4v) is 0.913. The summed E-state index contributed by atoms with van der Waals surface area (Å²) in [5.74, 6) is 1.51. The van der Waals surface area contributed by atoms with Crippen molar-refractivity contribution in [1.82, 2.24) is 0 Å². The molecule has 1 heterocycles. The Morgan fingerprint density at radius 1 is 1.38 bits per heavy atom. The zero-order valence-electron chi connectivity index (χ0n) is 7.32. The number of ether oxygens (including phenoxy) is 2. The quantitative estimate of drug-likeness (QED) is 0.482. The molecule has 13 heavy (non-hydrogen) atoms. The second-order valence-corrected chi connectivity index (χ2v) is 2.35. The highest BCUT2D eigenvalue weighted by molar-refractivity contribution is 5.52. The molecule has 2 N–H and O–H groups in total. The Kier molecular flexibility index (Phi) is 3.14. The Bertz CT molecular complexity index is 299. The number of anilines is 1. The normalized spacial score (nSPS) is 11.5. The van der Waals surface area contributed by atoms with E-state index in [1.807, 2.05) is 0 Å². The third-order valence-electron chi connectivity index (χ3n) is 1.40. The van der Waals surface area contributed by atoms with Crippen molar-refractivity contribution < 1.29 is 14.3 Å². The summed E-state index contributed by atoms with van der Waals surface area (Å²) >= 11 is 0. The maximum absolute atomic E-state index is 8.81. The second kappa shape index (κ2) is 4.35. The van der Waals surface area contributed by atoms with E-state index in [0.717, 1.165) is 17.8 Å². The van der Waals surface area contributed by atoms with Crippen molar-refractivity contribution in [3.8, 4) is 11.5 Å². The Balaban J connectivity index is 0.000000251. The molecule has 0 aliphatic carbocycles. The van der Waals surface area contributed by atoms with E-state index in [4.69, 9.17) is 20.0 Å². The molecule has 70 valence electrons. The largest absolute Gasteiger partial charge is 0.454 e. The topological polar surface area (TPSA) is 61.6 Å². The van der Waals surface area contributed by atoms with Gasteiger partial charge >= 0.3 is 0 Å². The van der Waals surface area contributed by atoms with Gasteiger partial charge in [0.15, 0.2) is 11.5 Å². The summed E-state index contributed by atoms with van der Waals surface area (Å²) in [4.78, 5) is 8.81. The molecule has 0 bridgehead atoms. The van der Waals surface area contributed by atoms with Gasteiger partial charge in [-0.1, -0.05) is 0 Å². The van der Waals surface area contributed by atoms with E-state index < -0.39 is 0 Å². The molecule has 0 atom stereocenters. The van der Waals surface area contributed by atoms with Gasteiger partial charge in [-0.25, -0.2) is 0 Å². The molecule has 0 saturated heterocycles. The molecule has 0 amide bonds. The number of aldehydes is 1. The van der Waals surface area contributed by atoms with Gasteiger partial charge in [0.25, 0.3) is 0 Å². The van der Waals surface area contributed by atoms with Crippen molar-refractivity contribution >= 4 is 12.0 Å². The van der Waals surface area contributed by atoms with E-state index in [-0.39, 0.29) is 0 Å². The van der Waals surface area contributed by atoms with Gasteiger partial charge in [0, 0.05) is 11.8 Å². The smallest absolute Gasteiger partial charge is 0.231 e. The van der Waals surface area contributed by atoms with Gasteiger partial charge in [-0.3, -0.25) is 0 Å². The maximum Gasteiger partial charge on any atom is 0.231 e. The first kappa shape index (κ1) is 9.38. The van der Waals surface area contributed by atoms with Crippen LogP contribution in [0.5, 0.6) is 11.5 Å². The van der Waals surface area contributed by atoms with Crippen LogP contribution in [-0.4, -0.2) is 13.1 Å². The summed E-state index contributed by atoms with van der Waals surface area (Å²) < 4.78 is 10.2. The van der Waals surface area contributed by atoms with Gasteiger partial charge in [-0.05, 0) is 19.1 Å². The molecule has 0 unspecified atom stereocenters. The molecular formula is C9H11NO3. The highest BCUT2D eigenvalue weighted by Crippen LogP contribution is 2.32. The fraction of sp³-hybridized carbons (Fsp3) is 0.222. The Morgan fingerprint density at radius 3 is 2.69 bits per heavy atom. The molecule has 1 aromatic carbocycles. The summed E-state index contributed by atoms with van der Waals surface area (Å²) in [5, 5.41) is 0. The molecule has 4 nitrogen and oxygen atoms in total. The van der Waals surface area contributed by atoms with Gasteiger partial charge in [0.1, 0.15) is 6.29 Å². The summed E-state index contributed by atoms with van der Waals surface area (Å²) in [7, 11) is 0. The average molecular weight is 181 g/mol. The van der Waals surface area contributed by atoms with Crippen molar-refractivity contribution in [1.29, 1.82) is 0 Å². The van der Waals surface area contributed by atoms with Crippen LogP contribution in [0.25, 0.3) is 0 Å². The highest BCUT2D eigenvalue weighted by Gasteiger charge is 2.11. The first-order valence-electron chi connectivity index (χ1n) is 3.83. The minimum Gasteiger partial charge on any atom is -0.454 e. The van der Waals surface area contributed by atoms with Crippen molar-refractivity contribution in [3.05, 3.63) is 18.2 Å². The molecule has 0 fully saturated rings.